The van der Waals surface area contributed by atoms with Crippen molar-refractivity contribution in [1.29, 1.82) is 5.26 Å². The lowest BCUT2D eigenvalue weighted by Gasteiger charge is -1.97. The molecule has 0 spiro atoms. The van der Waals surface area contributed by atoms with E-state index in [1.165, 1.54) is 23.5 Å². The molecule has 0 atom stereocenters. The summed E-state index contributed by atoms with van der Waals surface area (Å²) in [6.45, 7) is 0. The summed E-state index contributed by atoms with van der Waals surface area (Å²) in [5.41, 5.74) is 0.560. The Morgan fingerprint density at radius 3 is 2.94 bits per heavy atom. The first-order valence-corrected chi connectivity index (χ1v) is 6.12. The molecule has 0 saturated heterocycles. The van der Waals surface area contributed by atoms with E-state index in [2.05, 4.69) is 11.1 Å². The van der Waals surface area contributed by atoms with Crippen LogP contribution in [0, 0.1) is 17.1 Å². The molecule has 0 fully saturated rings. The van der Waals surface area contributed by atoms with Crippen LogP contribution in [0.3, 0.4) is 0 Å². The van der Waals surface area contributed by atoms with Gasteiger partial charge in [-0.25, -0.2) is 9.37 Å². The summed E-state index contributed by atoms with van der Waals surface area (Å²) in [5.74, 6) is 0.438. The van der Waals surface area contributed by atoms with E-state index in [4.69, 9.17) is 0 Å². The van der Waals surface area contributed by atoms with Crippen LogP contribution in [0.4, 0.5) is 4.39 Å². The Balaban J connectivity index is 2.37. The highest BCUT2D eigenvalue weighted by Crippen LogP contribution is 2.37. The van der Waals surface area contributed by atoms with Crippen molar-refractivity contribution in [2.75, 3.05) is 0 Å². The lowest BCUT2D eigenvalue weighted by molar-refractivity contribution is 0.630. The third-order valence-electron chi connectivity index (χ3n) is 2.79. The highest BCUT2D eigenvalue weighted by molar-refractivity contribution is 7.22. The number of hydrogen-bond donors (Lipinski definition) is 0. The number of rotatable bonds is 1. The monoisotopic (exact) mass is 257 g/mol. The molecule has 2 aromatic heterocycles. The number of thiophene rings is 1. The maximum absolute atomic E-state index is 13.2. The molecule has 0 unspecified atom stereocenters. The molecule has 0 aliphatic carbocycles. The van der Waals surface area contributed by atoms with E-state index in [9.17, 15) is 9.65 Å². The zero-order valence-corrected chi connectivity index (χ0v) is 10.3. The lowest BCUT2D eigenvalue weighted by atomic mass is 10.1. The van der Waals surface area contributed by atoms with Crippen molar-refractivity contribution in [2.24, 2.45) is 7.05 Å². The van der Waals surface area contributed by atoms with Gasteiger partial charge in [0.15, 0.2) is 5.82 Å². The van der Waals surface area contributed by atoms with Gasteiger partial charge >= 0.3 is 0 Å². The van der Waals surface area contributed by atoms with E-state index in [1.54, 1.807) is 12.3 Å². The van der Waals surface area contributed by atoms with Crippen LogP contribution >= 0.6 is 11.3 Å². The number of halogens is 1. The van der Waals surface area contributed by atoms with Crippen LogP contribution in [-0.2, 0) is 7.05 Å². The Morgan fingerprint density at radius 2 is 2.28 bits per heavy atom. The molecule has 0 saturated carbocycles. The van der Waals surface area contributed by atoms with Crippen molar-refractivity contribution < 1.29 is 4.39 Å². The molecule has 18 heavy (non-hydrogen) atoms. The van der Waals surface area contributed by atoms with Gasteiger partial charge in [0.2, 0.25) is 0 Å². The Kier molecular flexibility index (Phi) is 2.39. The number of nitrogens with zero attached hydrogens (tertiary/aromatic N) is 3. The molecule has 0 bridgehead atoms. The summed E-state index contributed by atoms with van der Waals surface area (Å²) in [5, 5.41) is 10.1. The highest BCUT2D eigenvalue weighted by atomic mass is 32.1. The normalized spacial score (nSPS) is 10.7. The van der Waals surface area contributed by atoms with Gasteiger partial charge in [0.1, 0.15) is 11.9 Å². The highest BCUT2D eigenvalue weighted by Gasteiger charge is 2.16. The molecular formula is C13H8FN3S. The summed E-state index contributed by atoms with van der Waals surface area (Å²) in [7, 11) is 1.87. The van der Waals surface area contributed by atoms with Gasteiger partial charge in [0, 0.05) is 29.5 Å². The van der Waals surface area contributed by atoms with Crippen LogP contribution in [0.2, 0.25) is 0 Å². The second kappa shape index (κ2) is 3.93. The molecule has 0 amide bonds. The molecular weight excluding hydrogens is 249 g/mol. The average Bonchev–Trinajstić information content (AvgIpc) is 2.91. The maximum Gasteiger partial charge on any atom is 0.151 e. The Morgan fingerprint density at radius 1 is 1.44 bits per heavy atom. The van der Waals surface area contributed by atoms with Crippen LogP contribution in [0.5, 0.6) is 0 Å². The second-order valence-corrected chi connectivity index (χ2v) is 4.97. The van der Waals surface area contributed by atoms with Gasteiger partial charge in [-0.15, -0.1) is 11.3 Å². The summed E-state index contributed by atoms with van der Waals surface area (Å²) < 4.78 is 15.8. The Hall–Kier alpha value is -2.19. The standard InChI is InChI=1S/C13H8FN3S/c1-17-5-4-16-13(17)12-10(7-15)9-3-2-8(14)6-11(9)18-12/h2-6H,1H3. The van der Waals surface area contributed by atoms with Crippen LogP contribution in [-0.4, -0.2) is 9.55 Å². The van der Waals surface area contributed by atoms with Crippen LogP contribution in [0.1, 0.15) is 5.56 Å². The van der Waals surface area contributed by atoms with Crippen LogP contribution in [0.15, 0.2) is 30.6 Å². The number of benzene rings is 1. The van der Waals surface area contributed by atoms with Gasteiger partial charge in [-0.3, -0.25) is 0 Å². The van der Waals surface area contributed by atoms with Gasteiger partial charge in [0.05, 0.1) is 10.4 Å². The van der Waals surface area contributed by atoms with Crippen molar-refractivity contribution in [3.8, 4) is 16.8 Å². The fourth-order valence-electron chi connectivity index (χ4n) is 1.92. The van der Waals surface area contributed by atoms with Gasteiger partial charge in [-0.1, -0.05) is 0 Å². The smallest absolute Gasteiger partial charge is 0.151 e. The molecule has 0 N–H and O–H groups in total. The fraction of sp³-hybridized carbons (Fsp3) is 0.0769. The molecule has 1 aromatic carbocycles. The lowest BCUT2D eigenvalue weighted by Crippen LogP contribution is -1.90. The summed E-state index contributed by atoms with van der Waals surface area (Å²) in [6.07, 6.45) is 3.50. The third kappa shape index (κ3) is 1.50. The van der Waals surface area contributed by atoms with E-state index in [0.717, 1.165) is 20.8 Å². The number of nitriles is 1. The molecule has 0 radical (unpaired) electrons. The number of imidazole rings is 1. The van der Waals surface area contributed by atoms with Gasteiger partial charge < -0.3 is 4.57 Å². The molecule has 3 rings (SSSR count). The SMILES string of the molecule is Cn1ccnc1-c1sc2cc(F)ccc2c1C#N. The fourth-order valence-corrected chi connectivity index (χ4v) is 3.14. The topological polar surface area (TPSA) is 41.6 Å². The zero-order valence-electron chi connectivity index (χ0n) is 9.51. The molecule has 5 heteroatoms. The predicted octanol–water partition coefficient (Wildman–Crippen LogP) is 3.31. The number of hydrogen-bond acceptors (Lipinski definition) is 3. The van der Waals surface area contributed by atoms with Crippen LogP contribution in [0.25, 0.3) is 20.8 Å². The first-order chi connectivity index (χ1) is 8.70. The predicted molar refractivity (Wildman–Crippen MR) is 68.7 cm³/mol. The molecule has 3 aromatic rings. The molecule has 0 aliphatic heterocycles. The number of aryl methyl sites for hydroxylation is 1. The minimum absolute atomic E-state index is 0.292. The van der Waals surface area contributed by atoms with E-state index in [0.29, 0.717) is 5.56 Å². The molecule has 2 heterocycles. The molecule has 0 aliphatic rings. The number of fused-ring (bicyclic) bond motifs is 1. The van der Waals surface area contributed by atoms with E-state index < -0.39 is 0 Å². The molecule has 3 nitrogen and oxygen atoms in total. The summed E-state index contributed by atoms with van der Waals surface area (Å²) in [4.78, 5) is 5.02. The van der Waals surface area contributed by atoms with Crippen molar-refractivity contribution in [1.82, 2.24) is 9.55 Å². The Labute approximate surface area is 107 Å². The largest absolute Gasteiger partial charge is 0.333 e. The van der Waals surface area contributed by atoms with E-state index >= 15 is 0 Å². The van der Waals surface area contributed by atoms with E-state index in [1.807, 2.05) is 17.8 Å². The number of aromatic nitrogens is 2. The minimum Gasteiger partial charge on any atom is -0.333 e. The van der Waals surface area contributed by atoms with Gasteiger partial charge in [-0.2, -0.15) is 5.26 Å². The van der Waals surface area contributed by atoms with Crippen molar-refractivity contribution in [2.45, 2.75) is 0 Å². The van der Waals surface area contributed by atoms with E-state index in [-0.39, 0.29) is 5.82 Å². The van der Waals surface area contributed by atoms with Crippen molar-refractivity contribution >= 4 is 21.4 Å². The summed E-state index contributed by atoms with van der Waals surface area (Å²) >= 11 is 1.39. The maximum atomic E-state index is 13.2. The minimum atomic E-state index is -0.292. The summed E-state index contributed by atoms with van der Waals surface area (Å²) in [6, 6.07) is 6.66. The van der Waals surface area contributed by atoms with Gasteiger partial charge in [0.25, 0.3) is 0 Å². The third-order valence-corrected chi connectivity index (χ3v) is 3.94. The second-order valence-electron chi connectivity index (χ2n) is 3.92. The van der Waals surface area contributed by atoms with Gasteiger partial charge in [-0.05, 0) is 18.2 Å². The quantitative estimate of drug-likeness (QED) is 0.671. The first kappa shape index (κ1) is 10.9. The first-order valence-electron chi connectivity index (χ1n) is 5.30. The van der Waals surface area contributed by atoms with Crippen LogP contribution < -0.4 is 0 Å². The average molecular weight is 257 g/mol. The Bertz CT molecular complexity index is 779. The van der Waals surface area contributed by atoms with Crippen molar-refractivity contribution in [3.63, 3.8) is 0 Å². The zero-order chi connectivity index (χ0) is 12.7. The molecule has 88 valence electrons. The van der Waals surface area contributed by atoms with Crippen molar-refractivity contribution in [3.05, 3.63) is 42.0 Å².